The maximum Gasteiger partial charge on any atom is 0.0768 e. The summed E-state index contributed by atoms with van der Waals surface area (Å²) in [6, 6.07) is 6.36. The molecule has 0 radical (unpaired) electrons. The van der Waals surface area contributed by atoms with Gasteiger partial charge < -0.3 is 10.5 Å². The van der Waals surface area contributed by atoms with Crippen molar-refractivity contribution in [3.05, 3.63) is 34.9 Å². The van der Waals surface area contributed by atoms with Gasteiger partial charge in [-0.1, -0.05) is 18.2 Å². The van der Waals surface area contributed by atoms with E-state index in [9.17, 15) is 0 Å². The lowest BCUT2D eigenvalue weighted by atomic mass is 9.94. The summed E-state index contributed by atoms with van der Waals surface area (Å²) in [4.78, 5) is 0. The quantitative estimate of drug-likeness (QED) is 0.805. The molecule has 1 fully saturated rings. The molecule has 1 aromatic rings. The summed E-state index contributed by atoms with van der Waals surface area (Å²) in [5.74, 6) is 0. The third kappa shape index (κ3) is 2.06. The molecule has 0 amide bonds. The van der Waals surface area contributed by atoms with Gasteiger partial charge in [-0.05, 0) is 43.4 Å². The van der Waals surface area contributed by atoms with Gasteiger partial charge in [-0.3, -0.25) is 0 Å². The van der Waals surface area contributed by atoms with Gasteiger partial charge >= 0.3 is 0 Å². The van der Waals surface area contributed by atoms with E-state index in [2.05, 4.69) is 32.0 Å². The summed E-state index contributed by atoms with van der Waals surface area (Å²) in [5, 5.41) is 0. The van der Waals surface area contributed by atoms with Crippen molar-refractivity contribution in [3.8, 4) is 0 Å². The van der Waals surface area contributed by atoms with E-state index in [0.29, 0.717) is 0 Å². The van der Waals surface area contributed by atoms with Crippen LogP contribution in [-0.4, -0.2) is 12.7 Å². The second kappa shape index (κ2) is 4.33. The van der Waals surface area contributed by atoms with Crippen LogP contribution in [0.25, 0.3) is 0 Å². The van der Waals surface area contributed by atoms with Gasteiger partial charge in [0.2, 0.25) is 0 Å². The topological polar surface area (TPSA) is 35.2 Å². The number of aryl methyl sites for hydroxylation is 1. The van der Waals surface area contributed by atoms with Crippen molar-refractivity contribution in [1.82, 2.24) is 0 Å². The van der Waals surface area contributed by atoms with Crippen molar-refractivity contribution in [2.24, 2.45) is 5.73 Å². The van der Waals surface area contributed by atoms with Crippen molar-refractivity contribution < 1.29 is 4.74 Å². The lowest BCUT2D eigenvalue weighted by molar-refractivity contribution is 0.0898. The Kier molecular flexibility index (Phi) is 3.08. The first-order chi connectivity index (χ1) is 7.20. The predicted octanol–water partition coefficient (Wildman–Crippen LogP) is 2.48. The highest BCUT2D eigenvalue weighted by atomic mass is 16.5. The van der Waals surface area contributed by atoms with Crippen molar-refractivity contribution in [2.45, 2.75) is 38.8 Å². The first-order valence-electron chi connectivity index (χ1n) is 5.63. The normalized spacial score (nSPS) is 23.0. The molecule has 2 unspecified atom stereocenters. The molecule has 2 nitrogen and oxygen atoms in total. The molecule has 82 valence electrons. The fourth-order valence-corrected chi connectivity index (χ4v) is 2.22. The third-order valence-corrected chi connectivity index (χ3v) is 3.37. The van der Waals surface area contributed by atoms with Crippen molar-refractivity contribution in [1.29, 1.82) is 0 Å². The van der Waals surface area contributed by atoms with Crippen LogP contribution < -0.4 is 5.73 Å². The highest BCUT2D eigenvalue weighted by Crippen LogP contribution is 2.27. The minimum Gasteiger partial charge on any atom is -0.376 e. The minimum absolute atomic E-state index is 0.0346. The molecule has 2 N–H and O–H groups in total. The van der Waals surface area contributed by atoms with Gasteiger partial charge in [0.1, 0.15) is 0 Å². The number of hydrogen-bond acceptors (Lipinski definition) is 2. The van der Waals surface area contributed by atoms with E-state index >= 15 is 0 Å². The van der Waals surface area contributed by atoms with E-state index in [1.807, 2.05) is 0 Å². The predicted molar refractivity (Wildman–Crippen MR) is 61.8 cm³/mol. The van der Waals surface area contributed by atoms with Crippen LogP contribution in [0, 0.1) is 13.8 Å². The Hall–Kier alpha value is -0.860. The van der Waals surface area contributed by atoms with Gasteiger partial charge in [-0.25, -0.2) is 0 Å². The Bertz CT molecular complexity index is 342. The molecule has 0 spiro atoms. The van der Waals surface area contributed by atoms with E-state index in [0.717, 1.165) is 19.4 Å². The van der Waals surface area contributed by atoms with Crippen LogP contribution in [0.1, 0.15) is 35.6 Å². The van der Waals surface area contributed by atoms with Crippen LogP contribution in [-0.2, 0) is 4.74 Å². The molecular weight excluding hydrogens is 186 g/mol. The SMILES string of the molecule is Cc1cccc(C(N)C2CCCO2)c1C. The Morgan fingerprint density at radius 3 is 2.87 bits per heavy atom. The Morgan fingerprint density at radius 2 is 2.20 bits per heavy atom. The number of nitrogens with two attached hydrogens (primary N) is 1. The number of rotatable bonds is 2. The lowest BCUT2D eigenvalue weighted by Crippen LogP contribution is -2.26. The van der Waals surface area contributed by atoms with Gasteiger partial charge in [0.15, 0.2) is 0 Å². The molecule has 0 saturated carbocycles. The van der Waals surface area contributed by atoms with E-state index < -0.39 is 0 Å². The van der Waals surface area contributed by atoms with Crippen LogP contribution in [0.4, 0.5) is 0 Å². The van der Waals surface area contributed by atoms with E-state index in [1.165, 1.54) is 16.7 Å². The van der Waals surface area contributed by atoms with Crippen LogP contribution in [0.2, 0.25) is 0 Å². The highest BCUT2D eigenvalue weighted by Gasteiger charge is 2.25. The average molecular weight is 205 g/mol. The first-order valence-corrected chi connectivity index (χ1v) is 5.63. The van der Waals surface area contributed by atoms with Gasteiger partial charge in [0, 0.05) is 6.61 Å². The second-order valence-electron chi connectivity index (χ2n) is 4.37. The molecule has 0 aromatic heterocycles. The zero-order valence-corrected chi connectivity index (χ0v) is 9.49. The van der Waals surface area contributed by atoms with Crippen LogP contribution in [0.3, 0.4) is 0 Å². The largest absolute Gasteiger partial charge is 0.376 e. The summed E-state index contributed by atoms with van der Waals surface area (Å²) in [7, 11) is 0. The summed E-state index contributed by atoms with van der Waals surface area (Å²) >= 11 is 0. The molecule has 1 aromatic carbocycles. The Balaban J connectivity index is 2.24. The van der Waals surface area contributed by atoms with Crippen LogP contribution in [0.15, 0.2) is 18.2 Å². The summed E-state index contributed by atoms with van der Waals surface area (Å²) in [6.07, 6.45) is 2.45. The second-order valence-corrected chi connectivity index (χ2v) is 4.37. The van der Waals surface area contributed by atoms with Crippen LogP contribution in [0.5, 0.6) is 0 Å². The maximum atomic E-state index is 6.25. The lowest BCUT2D eigenvalue weighted by Gasteiger charge is -2.21. The molecule has 2 rings (SSSR count). The van der Waals surface area contributed by atoms with E-state index in [-0.39, 0.29) is 12.1 Å². The van der Waals surface area contributed by atoms with Gasteiger partial charge in [0.05, 0.1) is 12.1 Å². The molecule has 2 atom stereocenters. The molecule has 2 heteroatoms. The zero-order chi connectivity index (χ0) is 10.8. The summed E-state index contributed by atoms with van der Waals surface area (Å²) in [5.41, 5.74) is 10.1. The standard InChI is InChI=1S/C13H19NO/c1-9-5-3-6-11(10(9)2)13(14)12-7-4-8-15-12/h3,5-6,12-13H,4,7-8,14H2,1-2H3. The molecule has 1 aliphatic rings. The minimum atomic E-state index is 0.0346. The molecule has 15 heavy (non-hydrogen) atoms. The first kappa shape index (κ1) is 10.7. The molecular formula is C13H19NO. The number of hydrogen-bond donors (Lipinski definition) is 1. The Labute approximate surface area is 91.4 Å². The molecule has 1 aliphatic heterocycles. The van der Waals surface area contributed by atoms with Gasteiger partial charge in [-0.15, -0.1) is 0 Å². The van der Waals surface area contributed by atoms with E-state index in [1.54, 1.807) is 0 Å². The monoisotopic (exact) mass is 205 g/mol. The van der Waals surface area contributed by atoms with Crippen molar-refractivity contribution >= 4 is 0 Å². The number of benzene rings is 1. The fourth-order valence-electron chi connectivity index (χ4n) is 2.22. The highest BCUT2D eigenvalue weighted by molar-refractivity contribution is 5.35. The van der Waals surface area contributed by atoms with Crippen LogP contribution >= 0.6 is 0 Å². The zero-order valence-electron chi connectivity index (χ0n) is 9.49. The summed E-state index contributed by atoms with van der Waals surface area (Å²) < 4.78 is 5.64. The molecule has 0 aliphatic carbocycles. The van der Waals surface area contributed by atoms with Crippen molar-refractivity contribution in [2.75, 3.05) is 6.61 Å². The Morgan fingerprint density at radius 1 is 1.40 bits per heavy atom. The molecule has 1 saturated heterocycles. The fraction of sp³-hybridized carbons (Fsp3) is 0.538. The molecule has 1 heterocycles. The summed E-state index contributed by atoms with van der Waals surface area (Å²) in [6.45, 7) is 5.13. The molecule has 0 bridgehead atoms. The van der Waals surface area contributed by atoms with Crippen molar-refractivity contribution in [3.63, 3.8) is 0 Å². The third-order valence-electron chi connectivity index (χ3n) is 3.37. The number of ether oxygens (including phenoxy) is 1. The van der Waals surface area contributed by atoms with Gasteiger partial charge in [-0.2, -0.15) is 0 Å². The van der Waals surface area contributed by atoms with E-state index in [4.69, 9.17) is 10.5 Å². The smallest absolute Gasteiger partial charge is 0.0768 e. The van der Waals surface area contributed by atoms with Gasteiger partial charge in [0.25, 0.3) is 0 Å². The maximum absolute atomic E-state index is 6.25. The average Bonchev–Trinajstić information content (AvgIpc) is 2.74.